The largest absolute Gasteiger partial charge is 0.309 e. The Morgan fingerprint density at radius 1 is 1.53 bits per heavy atom. The van der Waals surface area contributed by atoms with Gasteiger partial charge in [0.15, 0.2) is 10.8 Å². The van der Waals surface area contributed by atoms with Crippen molar-refractivity contribution in [3.63, 3.8) is 0 Å². The molecule has 0 radical (unpaired) electrons. The molecule has 1 heterocycles. The Bertz CT molecular complexity index is 312. The summed E-state index contributed by atoms with van der Waals surface area (Å²) in [6.45, 7) is 6.24. The standard InChI is InChI=1S/C9H16BrFN4/c1-9(2,3)12-5-6(11)7-8(10)13-14-15(7)4/h6,12H,5H2,1-4H3. The fourth-order valence-electron chi connectivity index (χ4n) is 1.16. The molecule has 6 heteroatoms. The summed E-state index contributed by atoms with van der Waals surface area (Å²) < 4.78 is 15.7. The zero-order valence-electron chi connectivity index (χ0n) is 9.38. The minimum atomic E-state index is -1.11. The van der Waals surface area contributed by atoms with Gasteiger partial charge in [0.2, 0.25) is 0 Å². The van der Waals surface area contributed by atoms with Crippen LogP contribution < -0.4 is 5.32 Å². The van der Waals surface area contributed by atoms with Gasteiger partial charge in [-0.2, -0.15) is 0 Å². The summed E-state index contributed by atoms with van der Waals surface area (Å²) in [5.41, 5.74) is 0.370. The second-order valence-electron chi connectivity index (χ2n) is 4.49. The third kappa shape index (κ3) is 3.53. The molecule has 0 aliphatic carbocycles. The van der Waals surface area contributed by atoms with Crippen LogP contribution in [0.5, 0.6) is 0 Å². The lowest BCUT2D eigenvalue weighted by atomic mass is 10.1. The maximum absolute atomic E-state index is 13.8. The molecule has 0 fully saturated rings. The van der Waals surface area contributed by atoms with Crippen molar-refractivity contribution in [1.82, 2.24) is 20.3 Å². The molecule has 15 heavy (non-hydrogen) atoms. The second kappa shape index (κ2) is 4.57. The quantitative estimate of drug-likeness (QED) is 0.920. The van der Waals surface area contributed by atoms with Gasteiger partial charge in [-0.3, -0.25) is 0 Å². The summed E-state index contributed by atoms with van der Waals surface area (Å²) in [6, 6.07) is 0. The van der Waals surface area contributed by atoms with Gasteiger partial charge in [0.1, 0.15) is 5.69 Å². The Hall–Kier alpha value is -0.490. The van der Waals surface area contributed by atoms with Crippen LogP contribution in [-0.2, 0) is 7.05 Å². The highest BCUT2D eigenvalue weighted by atomic mass is 79.9. The van der Waals surface area contributed by atoms with E-state index < -0.39 is 6.17 Å². The number of aromatic nitrogens is 3. The summed E-state index contributed by atoms with van der Waals surface area (Å²) in [4.78, 5) is 0. The van der Waals surface area contributed by atoms with Crippen LogP contribution in [0.2, 0.25) is 0 Å². The van der Waals surface area contributed by atoms with Gasteiger partial charge < -0.3 is 5.32 Å². The molecule has 0 saturated heterocycles. The Morgan fingerprint density at radius 3 is 2.53 bits per heavy atom. The van der Waals surface area contributed by atoms with E-state index in [0.29, 0.717) is 10.3 Å². The van der Waals surface area contributed by atoms with Gasteiger partial charge >= 0.3 is 0 Å². The van der Waals surface area contributed by atoms with E-state index in [-0.39, 0.29) is 12.1 Å². The third-order valence-corrected chi connectivity index (χ3v) is 2.50. The number of hydrogen-bond donors (Lipinski definition) is 1. The van der Waals surface area contributed by atoms with Crippen molar-refractivity contribution in [1.29, 1.82) is 0 Å². The molecule has 1 unspecified atom stereocenters. The summed E-state index contributed by atoms with van der Waals surface area (Å²) in [5, 5.41) is 10.6. The van der Waals surface area contributed by atoms with Crippen molar-refractivity contribution in [3.8, 4) is 0 Å². The van der Waals surface area contributed by atoms with Crippen LogP contribution in [0.4, 0.5) is 4.39 Å². The van der Waals surface area contributed by atoms with E-state index in [1.165, 1.54) is 4.68 Å². The van der Waals surface area contributed by atoms with Crippen molar-refractivity contribution >= 4 is 15.9 Å². The Balaban J connectivity index is 2.65. The highest BCUT2D eigenvalue weighted by Gasteiger charge is 2.21. The maximum Gasteiger partial charge on any atom is 0.157 e. The van der Waals surface area contributed by atoms with Crippen molar-refractivity contribution in [2.24, 2.45) is 7.05 Å². The predicted octanol–water partition coefficient (Wildman–Crippen LogP) is 1.98. The molecule has 0 spiro atoms. The van der Waals surface area contributed by atoms with Gasteiger partial charge in [-0.25, -0.2) is 9.07 Å². The predicted molar refractivity (Wildman–Crippen MR) is 60.3 cm³/mol. The van der Waals surface area contributed by atoms with Crippen LogP contribution in [0.1, 0.15) is 32.6 Å². The van der Waals surface area contributed by atoms with E-state index in [0.717, 1.165) is 0 Å². The smallest absolute Gasteiger partial charge is 0.157 e. The van der Waals surface area contributed by atoms with E-state index >= 15 is 0 Å². The lowest BCUT2D eigenvalue weighted by Crippen LogP contribution is -2.38. The van der Waals surface area contributed by atoms with Crippen LogP contribution in [0.15, 0.2) is 4.60 Å². The molecule has 0 bridgehead atoms. The minimum Gasteiger partial charge on any atom is -0.309 e. The molecule has 0 aromatic carbocycles. The number of halogens is 2. The fourth-order valence-corrected chi connectivity index (χ4v) is 1.74. The maximum atomic E-state index is 13.8. The number of hydrogen-bond acceptors (Lipinski definition) is 3. The lowest BCUT2D eigenvalue weighted by molar-refractivity contribution is 0.278. The van der Waals surface area contributed by atoms with Gasteiger partial charge in [-0.15, -0.1) is 5.10 Å². The Labute approximate surface area is 97.4 Å². The summed E-state index contributed by atoms with van der Waals surface area (Å²) in [6.07, 6.45) is -1.11. The number of nitrogens with one attached hydrogen (secondary N) is 1. The molecule has 1 rings (SSSR count). The van der Waals surface area contributed by atoms with Crippen LogP contribution in [0, 0.1) is 0 Å². The van der Waals surface area contributed by atoms with Crippen LogP contribution in [0.25, 0.3) is 0 Å². The van der Waals surface area contributed by atoms with E-state index in [1.807, 2.05) is 20.8 Å². The first-order valence-corrected chi connectivity index (χ1v) is 5.55. The van der Waals surface area contributed by atoms with Crippen LogP contribution in [-0.4, -0.2) is 27.1 Å². The Morgan fingerprint density at radius 2 is 2.13 bits per heavy atom. The van der Waals surface area contributed by atoms with Crippen molar-refractivity contribution < 1.29 is 4.39 Å². The monoisotopic (exact) mass is 278 g/mol. The summed E-state index contributed by atoms with van der Waals surface area (Å²) >= 11 is 3.18. The summed E-state index contributed by atoms with van der Waals surface area (Å²) in [5.74, 6) is 0. The average Bonchev–Trinajstić information content (AvgIpc) is 2.41. The number of aryl methyl sites for hydroxylation is 1. The first-order chi connectivity index (χ1) is 6.81. The Kier molecular flexibility index (Phi) is 3.83. The molecule has 1 N–H and O–H groups in total. The van der Waals surface area contributed by atoms with Gasteiger partial charge in [-0.05, 0) is 36.7 Å². The number of alkyl halides is 1. The molecule has 0 aliphatic heterocycles. The number of nitrogens with zero attached hydrogens (tertiary/aromatic N) is 3. The highest BCUT2D eigenvalue weighted by Crippen LogP contribution is 2.23. The topological polar surface area (TPSA) is 42.7 Å². The lowest BCUT2D eigenvalue weighted by Gasteiger charge is -2.22. The first-order valence-electron chi connectivity index (χ1n) is 4.75. The van der Waals surface area contributed by atoms with Gasteiger partial charge in [-0.1, -0.05) is 5.21 Å². The normalized spacial score (nSPS) is 14.3. The molecule has 86 valence electrons. The third-order valence-electron chi connectivity index (χ3n) is 1.93. The van der Waals surface area contributed by atoms with Gasteiger partial charge in [0, 0.05) is 19.1 Å². The minimum absolute atomic E-state index is 0.0944. The van der Waals surface area contributed by atoms with Crippen molar-refractivity contribution in [2.75, 3.05) is 6.54 Å². The fraction of sp³-hybridized carbons (Fsp3) is 0.778. The number of rotatable bonds is 3. The van der Waals surface area contributed by atoms with Gasteiger partial charge in [0.05, 0.1) is 0 Å². The van der Waals surface area contributed by atoms with E-state index in [2.05, 4.69) is 31.6 Å². The molecule has 1 atom stereocenters. The molecular weight excluding hydrogens is 263 g/mol. The summed E-state index contributed by atoms with van der Waals surface area (Å²) in [7, 11) is 1.68. The van der Waals surface area contributed by atoms with Gasteiger partial charge in [0.25, 0.3) is 0 Å². The van der Waals surface area contributed by atoms with Crippen molar-refractivity contribution in [3.05, 3.63) is 10.3 Å². The molecular formula is C9H16BrFN4. The zero-order valence-corrected chi connectivity index (χ0v) is 11.0. The van der Waals surface area contributed by atoms with E-state index in [4.69, 9.17) is 0 Å². The molecule has 0 saturated carbocycles. The second-order valence-corrected chi connectivity index (χ2v) is 5.24. The zero-order chi connectivity index (χ0) is 11.6. The van der Waals surface area contributed by atoms with E-state index in [1.54, 1.807) is 7.05 Å². The van der Waals surface area contributed by atoms with Crippen LogP contribution in [0.3, 0.4) is 0 Å². The van der Waals surface area contributed by atoms with Crippen molar-refractivity contribution in [2.45, 2.75) is 32.5 Å². The van der Waals surface area contributed by atoms with Crippen LogP contribution >= 0.6 is 15.9 Å². The SMILES string of the molecule is Cn1nnc(Br)c1C(F)CNC(C)(C)C. The molecule has 4 nitrogen and oxygen atoms in total. The van der Waals surface area contributed by atoms with E-state index in [9.17, 15) is 4.39 Å². The molecule has 1 aromatic heterocycles. The highest BCUT2D eigenvalue weighted by molar-refractivity contribution is 9.10. The molecule has 1 aromatic rings. The molecule has 0 aliphatic rings. The molecule has 0 amide bonds. The average molecular weight is 279 g/mol. The first kappa shape index (κ1) is 12.6.